The average molecular weight is 235 g/mol. The highest BCUT2D eigenvalue weighted by Crippen LogP contribution is 2.21. The molecule has 1 aromatic carbocycles. The van der Waals surface area contributed by atoms with Crippen molar-refractivity contribution >= 4 is 21.2 Å². The van der Waals surface area contributed by atoms with E-state index in [0.717, 1.165) is 12.1 Å². The maximum absolute atomic E-state index is 12.9. The molecule has 82 valence electrons. The number of hydrogen-bond donors (Lipinski definition) is 1. The van der Waals surface area contributed by atoms with Crippen molar-refractivity contribution in [1.29, 1.82) is 0 Å². The lowest BCUT2D eigenvalue weighted by atomic mass is 10.3. The van der Waals surface area contributed by atoms with E-state index in [1.807, 2.05) is 0 Å². The Kier molecular flexibility index (Phi) is 2.71. The number of nitrogens with zero attached hydrogens (tertiary/aromatic N) is 2. The highest BCUT2D eigenvalue weighted by Gasteiger charge is 2.15. The first-order chi connectivity index (χ1) is 6.50. The average Bonchev–Trinajstić information content (AvgIpc) is 2.50. The van der Waals surface area contributed by atoms with Gasteiger partial charge in [0.1, 0.15) is 10.1 Å². The van der Waals surface area contributed by atoms with E-state index >= 15 is 0 Å². The van der Waals surface area contributed by atoms with E-state index in [0.29, 0.717) is 0 Å². The van der Waals surface area contributed by atoms with Crippen LogP contribution in [0.3, 0.4) is 0 Å². The summed E-state index contributed by atoms with van der Waals surface area (Å²) < 4.78 is 49.1. The van der Waals surface area contributed by atoms with Crippen LogP contribution in [0.4, 0.5) is 4.39 Å². The summed E-state index contributed by atoms with van der Waals surface area (Å²) in [5.74, 6) is -0.798. The van der Waals surface area contributed by atoms with Crippen LogP contribution in [0.15, 0.2) is 21.7 Å². The molecule has 0 amide bonds. The van der Waals surface area contributed by atoms with E-state index < -0.39 is 20.8 Å². The molecule has 0 saturated carbocycles. The molecule has 2 rings (SSSR count). The van der Waals surface area contributed by atoms with Gasteiger partial charge in [0.05, 0.1) is 4.90 Å². The molecule has 4 N–H and O–H groups in total. The van der Waals surface area contributed by atoms with Gasteiger partial charge < -0.3 is 10.7 Å². The topological polar surface area (TPSA) is 133 Å². The van der Waals surface area contributed by atoms with Crippen LogP contribution in [-0.2, 0) is 10.1 Å². The van der Waals surface area contributed by atoms with Crippen LogP contribution in [0, 0.1) is 5.82 Å². The molecule has 0 fully saturated rings. The minimum Gasteiger partial charge on any atom is -0.744 e. The van der Waals surface area contributed by atoms with Crippen molar-refractivity contribution in [3.8, 4) is 0 Å². The summed E-state index contributed by atoms with van der Waals surface area (Å²) in [5.41, 5.74) is -0.762. The first-order valence-electron chi connectivity index (χ1n) is 3.37. The Labute approximate surface area is 83.2 Å². The Hall–Kier alpha value is -1.58. The number of fused-ring (bicyclic) bond motifs is 1. The minimum atomic E-state index is -4.70. The highest BCUT2D eigenvalue weighted by atomic mass is 32.2. The van der Waals surface area contributed by atoms with Crippen LogP contribution in [-0.4, -0.2) is 23.3 Å². The first-order valence-corrected chi connectivity index (χ1v) is 4.77. The van der Waals surface area contributed by atoms with Crippen molar-refractivity contribution in [1.82, 2.24) is 16.5 Å². The third-order valence-electron chi connectivity index (χ3n) is 1.60. The lowest BCUT2D eigenvalue weighted by Gasteiger charge is -2.05. The number of rotatable bonds is 1. The van der Waals surface area contributed by atoms with Gasteiger partial charge in [-0.25, -0.2) is 17.4 Å². The largest absolute Gasteiger partial charge is 0.744 e. The molecule has 0 saturated heterocycles. The Morgan fingerprint density at radius 1 is 1.27 bits per heavy atom. The van der Waals surface area contributed by atoms with Crippen LogP contribution in [0.2, 0.25) is 0 Å². The third-order valence-corrected chi connectivity index (χ3v) is 2.47. The smallest absolute Gasteiger partial charge is 0.172 e. The molecule has 0 bridgehead atoms. The summed E-state index contributed by atoms with van der Waals surface area (Å²) in [6.45, 7) is 0. The van der Waals surface area contributed by atoms with Crippen molar-refractivity contribution in [2.45, 2.75) is 4.90 Å². The Bertz CT molecular complexity index is 593. The molecule has 0 aliphatic carbocycles. The zero-order chi connectivity index (χ0) is 10.3. The first kappa shape index (κ1) is 11.5. The maximum Gasteiger partial charge on any atom is 0.172 e. The van der Waals surface area contributed by atoms with Crippen LogP contribution >= 0.6 is 0 Å². The lowest BCUT2D eigenvalue weighted by molar-refractivity contribution is 0.314. The molecule has 7 nitrogen and oxygen atoms in total. The predicted molar refractivity (Wildman–Crippen MR) is 45.7 cm³/mol. The number of aromatic nitrogens is 2. The van der Waals surface area contributed by atoms with Crippen LogP contribution < -0.4 is 6.15 Å². The molecule has 15 heavy (non-hydrogen) atoms. The normalized spacial score (nSPS) is 11.3. The molecule has 0 spiro atoms. The number of quaternary nitrogens is 1. The van der Waals surface area contributed by atoms with Crippen LogP contribution in [0.1, 0.15) is 0 Å². The van der Waals surface area contributed by atoms with Crippen molar-refractivity contribution < 1.29 is 22.0 Å². The van der Waals surface area contributed by atoms with E-state index in [-0.39, 0.29) is 17.2 Å². The fourth-order valence-corrected chi connectivity index (χ4v) is 1.62. The Morgan fingerprint density at radius 2 is 1.87 bits per heavy atom. The van der Waals surface area contributed by atoms with Gasteiger partial charge in [0.25, 0.3) is 0 Å². The summed E-state index contributed by atoms with van der Waals surface area (Å²) in [4.78, 5) is -0.643. The standard InChI is InChI=1S/C6H3FN2O4S.H3N/c7-3-1-2-4(14(10,11)12)6-5(3)8-13-9-6;/h1-2H,(H,10,11,12);1H3. The molecule has 1 heterocycles. The monoisotopic (exact) mass is 235 g/mol. The van der Waals surface area contributed by atoms with Crippen molar-refractivity contribution in [3.63, 3.8) is 0 Å². The SMILES string of the molecule is O=S(=O)([O-])c1ccc(F)c2nonc12.[NH4+]. The number of hydrogen-bond acceptors (Lipinski definition) is 6. The molecule has 0 aliphatic heterocycles. The van der Waals surface area contributed by atoms with Gasteiger partial charge in [-0.1, -0.05) is 0 Å². The van der Waals surface area contributed by atoms with Gasteiger partial charge in [-0.15, -0.1) is 0 Å². The lowest BCUT2D eigenvalue weighted by Crippen LogP contribution is -2.00. The fourth-order valence-electron chi connectivity index (χ4n) is 1.02. The van der Waals surface area contributed by atoms with Gasteiger partial charge in [-0.2, -0.15) is 0 Å². The quantitative estimate of drug-likeness (QED) is 0.721. The van der Waals surface area contributed by atoms with Gasteiger partial charge in [0.2, 0.25) is 0 Å². The van der Waals surface area contributed by atoms with Gasteiger partial charge in [-0.3, -0.25) is 0 Å². The second kappa shape index (κ2) is 3.53. The highest BCUT2D eigenvalue weighted by molar-refractivity contribution is 7.86. The van der Waals surface area contributed by atoms with Gasteiger partial charge in [0.15, 0.2) is 16.9 Å². The van der Waals surface area contributed by atoms with Crippen molar-refractivity contribution in [2.75, 3.05) is 0 Å². The van der Waals surface area contributed by atoms with E-state index in [1.165, 1.54) is 0 Å². The zero-order valence-corrected chi connectivity index (χ0v) is 8.28. The summed E-state index contributed by atoms with van der Waals surface area (Å²) >= 11 is 0. The predicted octanol–water partition coefficient (Wildman–Crippen LogP) is 0.642. The van der Waals surface area contributed by atoms with E-state index in [9.17, 15) is 17.4 Å². The number of benzene rings is 1. The van der Waals surface area contributed by atoms with Crippen LogP contribution in [0.5, 0.6) is 0 Å². The second-order valence-corrected chi connectivity index (χ2v) is 3.81. The molecule has 1 aromatic heterocycles. The minimum absolute atomic E-state index is 0. The van der Waals surface area contributed by atoms with Gasteiger partial charge in [0, 0.05) is 0 Å². The summed E-state index contributed by atoms with van der Waals surface area (Å²) in [5, 5.41) is 6.27. The molecule has 0 unspecified atom stereocenters. The molecular weight excluding hydrogens is 229 g/mol. The van der Waals surface area contributed by atoms with Crippen molar-refractivity contribution in [3.05, 3.63) is 17.9 Å². The van der Waals surface area contributed by atoms with Crippen LogP contribution in [0.25, 0.3) is 11.0 Å². The second-order valence-electron chi connectivity index (χ2n) is 2.46. The number of halogens is 1. The van der Waals surface area contributed by atoms with Gasteiger partial charge >= 0.3 is 0 Å². The third kappa shape index (κ3) is 1.79. The molecule has 0 atom stereocenters. The molecular formula is C6H6FN3O4S. The summed E-state index contributed by atoms with van der Waals surface area (Å²) in [6.07, 6.45) is 0. The summed E-state index contributed by atoms with van der Waals surface area (Å²) in [6, 6.07) is 1.64. The molecule has 9 heteroatoms. The molecule has 0 radical (unpaired) electrons. The van der Waals surface area contributed by atoms with E-state index in [4.69, 9.17) is 0 Å². The Balaban J connectivity index is 0.00000112. The van der Waals surface area contributed by atoms with E-state index in [2.05, 4.69) is 14.9 Å². The van der Waals surface area contributed by atoms with Crippen molar-refractivity contribution in [2.24, 2.45) is 0 Å². The zero-order valence-electron chi connectivity index (χ0n) is 7.47. The molecule has 0 aliphatic rings. The maximum atomic E-state index is 12.9. The molecule has 2 aromatic rings. The Morgan fingerprint density at radius 3 is 2.47 bits per heavy atom. The van der Waals surface area contributed by atoms with Gasteiger partial charge in [-0.05, 0) is 22.4 Å². The summed E-state index contributed by atoms with van der Waals surface area (Å²) in [7, 11) is -4.70. The van der Waals surface area contributed by atoms with E-state index in [1.54, 1.807) is 0 Å². The fraction of sp³-hybridized carbons (Fsp3) is 0.